The summed E-state index contributed by atoms with van der Waals surface area (Å²) in [6, 6.07) is 0. The van der Waals surface area contributed by atoms with Crippen LogP contribution in [0.15, 0.2) is 0 Å². The van der Waals surface area contributed by atoms with Crippen molar-refractivity contribution in [3.05, 3.63) is 190 Å². The van der Waals surface area contributed by atoms with E-state index in [1.54, 1.807) is 0 Å². The Balaban J connectivity index is 0.00000123. The van der Waals surface area contributed by atoms with Gasteiger partial charge in [-0.25, -0.2) is 132 Å². The minimum Gasteiger partial charge on any atom is -2.00 e. The van der Waals surface area contributed by atoms with Gasteiger partial charge in [0.2, 0.25) is 0 Å². The summed E-state index contributed by atoms with van der Waals surface area (Å²) in [6.07, 6.45) is 15.3. The molecular weight excluding hydrogens is 1740 g/mol. The molecule has 0 saturated carbocycles. The fourth-order valence-electron chi connectivity index (χ4n) is 7.55. The van der Waals surface area contributed by atoms with E-state index in [1.807, 2.05) is 0 Å². The van der Waals surface area contributed by atoms with Crippen LogP contribution in [-0.4, -0.2) is 79.3 Å². The molecule has 0 atom stereocenters. The van der Waals surface area contributed by atoms with Gasteiger partial charge in [0.1, 0.15) is 69.8 Å². The number of hydrogen-bond acceptors (Lipinski definition) is 6. The first-order valence-corrected chi connectivity index (χ1v) is 28.5. The molecule has 6 aromatic carbocycles. The van der Waals surface area contributed by atoms with Crippen molar-refractivity contribution in [1.82, 2.24) is 0 Å². The maximum Gasteiger partial charge on any atom is 1.00 e. The quantitative estimate of drug-likeness (QED) is 0.0700. The minimum absolute atomic E-state index is 0. The average molecular weight is 1790 g/mol. The Hall–Kier alpha value is -5.01. The third-order valence-corrected chi connectivity index (χ3v) is 12.8. The van der Waals surface area contributed by atoms with Gasteiger partial charge in [0.25, 0.3) is 0 Å². The van der Waals surface area contributed by atoms with Crippen molar-refractivity contribution in [1.29, 1.82) is 0 Å². The van der Waals surface area contributed by atoms with E-state index >= 15 is 0 Å². The molecule has 12 rings (SSSR count). The normalized spacial score (nSPS) is 14.4. The second-order valence-electron chi connectivity index (χ2n) is 19.8. The molecule has 6 heterocycles. The van der Waals surface area contributed by atoms with Crippen molar-refractivity contribution in [3.8, 4) is 0 Å². The van der Waals surface area contributed by atoms with Crippen LogP contribution in [0.4, 0.5) is 166 Å². The van der Waals surface area contributed by atoms with E-state index in [1.165, 1.54) is 77.0 Å². The van der Waals surface area contributed by atoms with Gasteiger partial charge in [-0.05, 0) is 77.0 Å². The predicted molar refractivity (Wildman–Crippen MR) is 287 cm³/mol. The van der Waals surface area contributed by atoms with Crippen LogP contribution in [-0.2, 0) is 39.4 Å². The standard InChI is InChI=1S/3C12F10N.6C4H8O.K.2O.U/c3*13-1-3(15)7(19)11(8(20)4(1)16)23-12-9(21)5(17)2(14)6(18)10(12)22;6*1-2-4-5-3-1;;;;/h;;;6*1-4H2;;;;/q3*-1;;;;;;;+1;2*-2;. The van der Waals surface area contributed by atoms with E-state index < -0.39 is 209 Å². The van der Waals surface area contributed by atoms with Crippen LogP contribution in [0, 0.1) is 206 Å². The van der Waals surface area contributed by atoms with Crippen molar-refractivity contribution >= 4 is 34.1 Å². The van der Waals surface area contributed by atoms with Crippen molar-refractivity contribution in [2.75, 3.05) is 79.3 Å². The SMILES string of the molecule is C1CCOC1.C1CCOC1.C1CCOC1.C1CCOC1.C1CCOC1.C1CCOC1.Fc1c(F)c(F)c([N-]c2c(F)c(F)c(F)c(F)c2F)c(F)c1F.Fc1c(F)c(F)c([N-]c2c(F)c(F)c(F)c(F)c2F)c(F)c1F.Fc1c(F)c(F)c([N-]c2c(F)c(F)c(F)c(F)c2F)c(F)c1F.[K+].[O-2].[O-2].[U]. The summed E-state index contributed by atoms with van der Waals surface area (Å²) in [5.74, 6) is -76.9. The zero-order valence-electron chi connectivity index (χ0n) is 52.4. The summed E-state index contributed by atoms with van der Waals surface area (Å²) in [6.45, 7) is 12.0. The van der Waals surface area contributed by atoms with E-state index in [0.29, 0.717) is 0 Å². The molecule has 0 spiro atoms. The van der Waals surface area contributed by atoms with Crippen molar-refractivity contribution in [2.45, 2.75) is 77.0 Å². The zero-order chi connectivity index (χ0) is 74.1. The van der Waals surface area contributed by atoms with Crippen LogP contribution in [0.3, 0.4) is 0 Å². The second-order valence-corrected chi connectivity index (χ2v) is 19.8. The number of hydrogen-bond donors (Lipinski definition) is 0. The summed E-state index contributed by atoms with van der Waals surface area (Å²) in [4.78, 5) is 0. The maximum absolute atomic E-state index is 13.3. The zero-order valence-corrected chi connectivity index (χ0v) is 59.7. The monoisotopic (exact) mass is 1790 g/mol. The van der Waals surface area contributed by atoms with E-state index in [9.17, 15) is 132 Å². The summed E-state index contributed by atoms with van der Waals surface area (Å²) < 4.78 is 421. The molecule has 6 aliphatic rings. The second kappa shape index (κ2) is 48.3. The third-order valence-electron chi connectivity index (χ3n) is 12.8. The number of rotatable bonds is 6. The molecule has 0 N–H and O–H groups in total. The average Bonchev–Trinajstić information content (AvgIpc) is 1.03. The van der Waals surface area contributed by atoms with Gasteiger partial charge in [-0.1, -0.05) is 34.1 Å². The first-order valence-electron chi connectivity index (χ1n) is 28.5. The molecule has 0 amide bonds. The molecule has 0 aliphatic carbocycles. The van der Waals surface area contributed by atoms with E-state index in [4.69, 9.17) is 28.4 Å². The largest absolute Gasteiger partial charge is 2.00 e. The topological polar surface area (TPSA) is 155 Å². The molecular formula is C60H48F30KN3O8U-6. The Morgan fingerprint density at radius 1 is 0.146 bits per heavy atom. The molecule has 103 heavy (non-hydrogen) atoms. The molecule has 0 unspecified atom stereocenters. The Bertz CT molecular complexity index is 2880. The number of benzene rings is 6. The molecule has 6 aliphatic heterocycles. The third kappa shape index (κ3) is 26.7. The molecule has 6 aromatic rings. The van der Waals surface area contributed by atoms with Crippen LogP contribution in [0.25, 0.3) is 16.0 Å². The molecule has 11 nitrogen and oxygen atoms in total. The minimum atomic E-state index is -2.59. The number of nitrogens with zero attached hydrogens (tertiary/aromatic N) is 3. The van der Waals surface area contributed by atoms with E-state index in [-0.39, 0.29) is 93.5 Å². The molecule has 43 heteroatoms. The van der Waals surface area contributed by atoms with Gasteiger partial charge < -0.3 is 55.3 Å². The maximum atomic E-state index is 13.3. The van der Waals surface area contributed by atoms with Crippen LogP contribution >= 0.6 is 0 Å². The van der Waals surface area contributed by atoms with Crippen LogP contribution in [0.2, 0.25) is 0 Å². The first kappa shape index (κ1) is 98.0. The fourth-order valence-corrected chi connectivity index (χ4v) is 7.55. The molecule has 6 fully saturated rings. The molecule has 6 saturated heterocycles. The van der Waals surface area contributed by atoms with Gasteiger partial charge >= 0.3 is 51.4 Å². The Kier molecular flexibility index (Phi) is 46.0. The van der Waals surface area contributed by atoms with Gasteiger partial charge in [0.15, 0.2) is 105 Å². The predicted octanol–water partition coefficient (Wildman–Crippen LogP) is 17.8. The molecule has 0 bridgehead atoms. The van der Waals surface area contributed by atoms with Crippen LogP contribution in [0.5, 0.6) is 0 Å². The smallest absolute Gasteiger partial charge is 1.00 e. The fraction of sp³-hybridized carbons (Fsp3) is 0.400. The molecule has 0 aromatic heterocycles. The van der Waals surface area contributed by atoms with Gasteiger partial charge in [0.05, 0.1) is 0 Å². The van der Waals surface area contributed by atoms with E-state index in [2.05, 4.69) is 16.0 Å². The van der Waals surface area contributed by atoms with E-state index in [0.717, 1.165) is 79.3 Å². The van der Waals surface area contributed by atoms with Gasteiger partial charge in [-0.2, -0.15) is 0 Å². The van der Waals surface area contributed by atoms with Gasteiger partial charge in [-0.3, -0.25) is 0 Å². The summed E-state index contributed by atoms with van der Waals surface area (Å²) in [5, 5.41) is 7.11. The Morgan fingerprint density at radius 2 is 0.214 bits per heavy atom. The van der Waals surface area contributed by atoms with Gasteiger partial charge in [-0.15, -0.1) is 0 Å². The summed E-state index contributed by atoms with van der Waals surface area (Å²) >= 11 is 0. The Labute approximate surface area is 630 Å². The number of ether oxygens (including phenoxy) is 6. The van der Waals surface area contributed by atoms with Crippen molar-refractivity contribution < 1.29 is 254 Å². The van der Waals surface area contributed by atoms with Crippen molar-refractivity contribution in [2.24, 2.45) is 0 Å². The molecule has 572 valence electrons. The number of halogens is 30. The van der Waals surface area contributed by atoms with Crippen molar-refractivity contribution in [3.63, 3.8) is 0 Å². The Morgan fingerprint density at radius 3 is 0.272 bits per heavy atom. The summed E-state index contributed by atoms with van der Waals surface area (Å²) in [7, 11) is 0. The van der Waals surface area contributed by atoms with Gasteiger partial charge in [0, 0.05) is 110 Å². The van der Waals surface area contributed by atoms with Crippen LogP contribution in [0.1, 0.15) is 77.0 Å². The molecule has 0 radical (unpaired) electrons. The van der Waals surface area contributed by atoms with Crippen LogP contribution < -0.4 is 51.4 Å². The first-order chi connectivity index (χ1) is 46.8. The summed E-state index contributed by atoms with van der Waals surface area (Å²) in [5.41, 5.74) is -12.6.